The van der Waals surface area contributed by atoms with Gasteiger partial charge < -0.3 is 20.4 Å². The Morgan fingerprint density at radius 1 is 1.26 bits per heavy atom. The van der Waals surface area contributed by atoms with Crippen molar-refractivity contribution in [2.45, 2.75) is 6.92 Å². The summed E-state index contributed by atoms with van der Waals surface area (Å²) in [5.41, 5.74) is 9.04. The summed E-state index contributed by atoms with van der Waals surface area (Å²) >= 11 is 0. The third-order valence-corrected chi connectivity index (χ3v) is 3.57. The van der Waals surface area contributed by atoms with Crippen LogP contribution in [0.15, 0.2) is 30.6 Å². The molecule has 0 aliphatic carbocycles. The summed E-state index contributed by atoms with van der Waals surface area (Å²) in [5, 5.41) is 3.63. The maximum Gasteiger partial charge on any atom is 0.222 e. The standard InChI is InChI=1S/C16H17N5O2/c1-9(22)20-15-5-10-4-13(21(2)14(10)8-18-15)12-6-11(17)7-19-16(12)23-3/h4-8H,17H2,1-3H3,(H,18,20,22). The lowest BCUT2D eigenvalue weighted by Crippen LogP contribution is -2.07. The number of carbonyl (C=O) groups excluding carboxylic acids is 1. The van der Waals surface area contributed by atoms with E-state index in [1.165, 1.54) is 6.92 Å². The van der Waals surface area contributed by atoms with Gasteiger partial charge in [0, 0.05) is 19.4 Å². The van der Waals surface area contributed by atoms with E-state index in [0.29, 0.717) is 17.4 Å². The predicted molar refractivity (Wildman–Crippen MR) is 89.2 cm³/mol. The molecule has 1 amide bonds. The van der Waals surface area contributed by atoms with Gasteiger partial charge in [-0.1, -0.05) is 0 Å². The first-order valence-corrected chi connectivity index (χ1v) is 7.02. The zero-order valence-electron chi connectivity index (χ0n) is 13.1. The number of nitrogens with zero attached hydrogens (tertiary/aromatic N) is 3. The molecule has 23 heavy (non-hydrogen) atoms. The van der Waals surface area contributed by atoms with E-state index in [1.54, 1.807) is 19.5 Å². The lowest BCUT2D eigenvalue weighted by Gasteiger charge is -2.09. The van der Waals surface area contributed by atoms with Crippen LogP contribution in [-0.4, -0.2) is 27.6 Å². The average molecular weight is 311 g/mol. The average Bonchev–Trinajstić information content (AvgIpc) is 2.83. The quantitative estimate of drug-likeness (QED) is 0.773. The third-order valence-electron chi connectivity index (χ3n) is 3.57. The van der Waals surface area contributed by atoms with Gasteiger partial charge >= 0.3 is 0 Å². The van der Waals surface area contributed by atoms with Crippen LogP contribution in [-0.2, 0) is 11.8 Å². The van der Waals surface area contributed by atoms with Crippen molar-refractivity contribution in [3.8, 4) is 17.1 Å². The Kier molecular flexibility index (Phi) is 3.61. The van der Waals surface area contributed by atoms with Crippen LogP contribution in [0.1, 0.15) is 6.92 Å². The van der Waals surface area contributed by atoms with Crippen molar-refractivity contribution in [2.24, 2.45) is 7.05 Å². The third kappa shape index (κ3) is 2.68. The van der Waals surface area contributed by atoms with Crippen LogP contribution in [0.25, 0.3) is 22.2 Å². The summed E-state index contributed by atoms with van der Waals surface area (Å²) < 4.78 is 7.31. The number of aryl methyl sites for hydroxylation is 1. The molecular weight excluding hydrogens is 294 g/mol. The molecule has 7 nitrogen and oxygen atoms in total. The normalized spacial score (nSPS) is 10.7. The molecule has 0 fully saturated rings. The molecule has 0 saturated carbocycles. The number of amides is 1. The molecule has 3 aromatic rings. The molecule has 0 saturated heterocycles. The van der Waals surface area contributed by atoms with Gasteiger partial charge in [-0.3, -0.25) is 4.79 Å². The largest absolute Gasteiger partial charge is 0.481 e. The highest BCUT2D eigenvalue weighted by Crippen LogP contribution is 2.33. The van der Waals surface area contributed by atoms with E-state index in [0.717, 1.165) is 22.2 Å². The lowest BCUT2D eigenvalue weighted by molar-refractivity contribution is -0.114. The SMILES string of the molecule is COc1ncc(N)cc1-c1cc2cc(NC(C)=O)ncc2n1C. The molecule has 0 aliphatic rings. The van der Waals surface area contributed by atoms with Crippen molar-refractivity contribution in [3.05, 3.63) is 30.6 Å². The molecule has 7 heteroatoms. The molecule has 0 spiro atoms. The number of ether oxygens (including phenoxy) is 1. The summed E-state index contributed by atoms with van der Waals surface area (Å²) in [6, 6.07) is 5.63. The number of pyridine rings is 2. The number of aromatic nitrogens is 3. The second-order valence-electron chi connectivity index (χ2n) is 5.22. The summed E-state index contributed by atoms with van der Waals surface area (Å²) in [6.07, 6.45) is 3.28. The summed E-state index contributed by atoms with van der Waals surface area (Å²) in [6.45, 7) is 1.45. The minimum atomic E-state index is -0.158. The van der Waals surface area contributed by atoms with Gasteiger partial charge in [-0.15, -0.1) is 0 Å². The van der Waals surface area contributed by atoms with Gasteiger partial charge in [0.25, 0.3) is 0 Å². The Morgan fingerprint density at radius 3 is 2.74 bits per heavy atom. The Morgan fingerprint density at radius 2 is 2.04 bits per heavy atom. The predicted octanol–water partition coefficient (Wildman–Crippen LogP) is 2.18. The smallest absolute Gasteiger partial charge is 0.222 e. The molecule has 118 valence electrons. The molecule has 3 rings (SSSR count). The van der Waals surface area contributed by atoms with E-state index in [9.17, 15) is 4.79 Å². The van der Waals surface area contributed by atoms with Crippen LogP contribution in [0.2, 0.25) is 0 Å². The maximum atomic E-state index is 11.2. The number of fused-ring (bicyclic) bond motifs is 1. The van der Waals surface area contributed by atoms with Gasteiger partial charge in [0.2, 0.25) is 11.8 Å². The van der Waals surface area contributed by atoms with Crippen LogP contribution in [0.4, 0.5) is 11.5 Å². The minimum Gasteiger partial charge on any atom is -0.481 e. The van der Waals surface area contributed by atoms with Gasteiger partial charge in [0.05, 0.1) is 42.0 Å². The van der Waals surface area contributed by atoms with Crippen LogP contribution < -0.4 is 15.8 Å². The van der Waals surface area contributed by atoms with Crippen molar-refractivity contribution < 1.29 is 9.53 Å². The van der Waals surface area contributed by atoms with Crippen molar-refractivity contribution in [1.29, 1.82) is 0 Å². The summed E-state index contributed by atoms with van der Waals surface area (Å²) in [4.78, 5) is 19.6. The molecule has 3 aromatic heterocycles. The van der Waals surface area contributed by atoms with Crippen LogP contribution >= 0.6 is 0 Å². The van der Waals surface area contributed by atoms with E-state index >= 15 is 0 Å². The maximum absolute atomic E-state index is 11.2. The Bertz CT molecular complexity index is 901. The number of rotatable bonds is 3. The molecule has 0 aromatic carbocycles. The monoisotopic (exact) mass is 311 g/mol. The second-order valence-corrected chi connectivity index (χ2v) is 5.22. The van der Waals surface area contributed by atoms with Crippen molar-refractivity contribution >= 4 is 28.3 Å². The number of nitrogen functional groups attached to an aromatic ring is 1. The number of methoxy groups -OCH3 is 1. The van der Waals surface area contributed by atoms with Crippen LogP contribution in [0, 0.1) is 0 Å². The van der Waals surface area contributed by atoms with Crippen molar-refractivity contribution in [1.82, 2.24) is 14.5 Å². The Labute approximate surface area is 133 Å². The summed E-state index contributed by atoms with van der Waals surface area (Å²) in [7, 11) is 3.50. The highest BCUT2D eigenvalue weighted by atomic mass is 16.5. The first-order valence-electron chi connectivity index (χ1n) is 7.02. The molecule has 0 bridgehead atoms. The number of anilines is 2. The summed E-state index contributed by atoms with van der Waals surface area (Å²) in [5.74, 6) is 0.856. The van der Waals surface area contributed by atoms with Gasteiger partial charge in [-0.2, -0.15) is 0 Å². The number of nitrogens with one attached hydrogen (secondary N) is 1. The zero-order chi connectivity index (χ0) is 16.6. The Balaban J connectivity index is 2.17. The van der Waals surface area contributed by atoms with Crippen molar-refractivity contribution in [2.75, 3.05) is 18.2 Å². The number of hydrogen-bond acceptors (Lipinski definition) is 5. The highest BCUT2D eigenvalue weighted by Gasteiger charge is 2.14. The van der Waals surface area contributed by atoms with Crippen LogP contribution in [0.5, 0.6) is 5.88 Å². The van der Waals surface area contributed by atoms with E-state index in [2.05, 4.69) is 15.3 Å². The van der Waals surface area contributed by atoms with E-state index < -0.39 is 0 Å². The second kappa shape index (κ2) is 5.60. The van der Waals surface area contributed by atoms with Gasteiger partial charge in [-0.25, -0.2) is 9.97 Å². The molecule has 0 atom stereocenters. The molecule has 0 unspecified atom stereocenters. The fourth-order valence-corrected chi connectivity index (χ4v) is 2.56. The number of nitrogens with two attached hydrogens (primary N) is 1. The fraction of sp³-hybridized carbons (Fsp3) is 0.188. The molecule has 3 N–H and O–H groups in total. The Hall–Kier alpha value is -3.09. The van der Waals surface area contributed by atoms with Gasteiger partial charge in [-0.05, 0) is 18.2 Å². The molecule has 0 radical (unpaired) electrons. The van der Waals surface area contributed by atoms with Gasteiger partial charge in [0.1, 0.15) is 5.82 Å². The fourth-order valence-electron chi connectivity index (χ4n) is 2.56. The molecule has 0 aliphatic heterocycles. The highest BCUT2D eigenvalue weighted by molar-refractivity contribution is 5.93. The molecular formula is C16H17N5O2. The first-order chi connectivity index (χ1) is 11.0. The topological polar surface area (TPSA) is 95.1 Å². The van der Waals surface area contributed by atoms with E-state index in [-0.39, 0.29) is 5.91 Å². The lowest BCUT2D eigenvalue weighted by atomic mass is 10.2. The molecule has 3 heterocycles. The van der Waals surface area contributed by atoms with Crippen LogP contribution in [0.3, 0.4) is 0 Å². The zero-order valence-corrected chi connectivity index (χ0v) is 13.1. The van der Waals surface area contributed by atoms with E-state index in [1.807, 2.05) is 29.8 Å². The van der Waals surface area contributed by atoms with Crippen molar-refractivity contribution in [3.63, 3.8) is 0 Å². The van der Waals surface area contributed by atoms with E-state index in [4.69, 9.17) is 10.5 Å². The minimum absolute atomic E-state index is 0.158. The number of hydrogen-bond donors (Lipinski definition) is 2. The first kappa shape index (κ1) is 14.8. The number of carbonyl (C=O) groups is 1. The van der Waals surface area contributed by atoms with Gasteiger partial charge in [0.15, 0.2) is 0 Å².